The van der Waals surface area contributed by atoms with Crippen molar-refractivity contribution < 1.29 is 39.8 Å². The van der Waals surface area contributed by atoms with E-state index in [0.29, 0.717) is 6.42 Å². The molecule has 0 radical (unpaired) electrons. The van der Waals surface area contributed by atoms with E-state index >= 15 is 0 Å². The fraction of sp³-hybridized carbons (Fsp3) is 0.667. The fourth-order valence-corrected chi connectivity index (χ4v) is 8.25. The maximum absolute atomic E-state index is 13.0. The molecule has 0 spiro atoms. The zero-order chi connectivity index (χ0) is 52.2. The van der Waals surface area contributed by atoms with Gasteiger partial charge in [0.05, 0.1) is 25.4 Å². The monoisotopic (exact) mass is 1000 g/mol. The number of aliphatic hydroxyl groups excluding tert-OH is 5. The maximum Gasteiger partial charge on any atom is 0.220 e. The van der Waals surface area contributed by atoms with E-state index in [9.17, 15) is 30.3 Å². The van der Waals surface area contributed by atoms with Gasteiger partial charge in [0.2, 0.25) is 5.91 Å². The van der Waals surface area contributed by atoms with Gasteiger partial charge in [-0.15, -0.1) is 0 Å². The van der Waals surface area contributed by atoms with Gasteiger partial charge in [0.1, 0.15) is 24.4 Å². The number of amides is 1. The second-order valence-electron chi connectivity index (χ2n) is 19.3. The highest BCUT2D eigenvalue weighted by Crippen LogP contribution is 2.23. The number of allylic oxidation sites excluding steroid dienone is 19. The standard InChI is InChI=1S/C63H105NO8/c1-3-5-7-9-11-13-15-17-19-20-21-22-23-24-25-26-27-28-29-30-31-32-33-34-35-36-37-38-39-41-43-45-47-49-51-53-59(67)64-56(55-71-63-62(70)61(69)60(68)58(54-65)72-63)57(66)52-50-48-46-44-42-40-18-16-14-12-10-8-6-4-2/h5,7,11,13,17,19,21-22,24-25,27-28,30-31,33-34,42,44,50,52,56-58,60-63,65-66,68-70H,3-4,6,8-10,12,14-16,18,20,23,26,29,32,35-41,43,45-49,51,53-55H2,1-2H3,(H,64,67)/b7-5-,13-11-,19-17-,22-21-,25-24-,28-27-,31-30-,34-33-,44-42+,52-50+. The van der Waals surface area contributed by atoms with Crippen LogP contribution in [0.3, 0.4) is 0 Å². The third-order valence-corrected chi connectivity index (χ3v) is 12.8. The average molecular weight is 1000 g/mol. The summed E-state index contributed by atoms with van der Waals surface area (Å²) in [6.07, 6.45) is 69.8. The van der Waals surface area contributed by atoms with Crippen LogP contribution in [0.25, 0.3) is 0 Å². The van der Waals surface area contributed by atoms with Crippen LogP contribution in [-0.2, 0) is 14.3 Å². The Morgan fingerprint density at radius 1 is 0.486 bits per heavy atom. The Morgan fingerprint density at radius 2 is 0.875 bits per heavy atom. The minimum atomic E-state index is -1.58. The Morgan fingerprint density at radius 3 is 1.33 bits per heavy atom. The summed E-state index contributed by atoms with van der Waals surface area (Å²) in [5, 5.41) is 54.4. The number of carbonyl (C=O) groups excluding carboxylic acids is 1. The Balaban J connectivity index is 2.19. The number of rotatable bonds is 47. The fourth-order valence-electron chi connectivity index (χ4n) is 8.25. The quantitative estimate of drug-likeness (QED) is 0.0261. The van der Waals surface area contributed by atoms with Gasteiger partial charge in [-0.3, -0.25) is 4.79 Å². The molecule has 410 valence electrons. The topological polar surface area (TPSA) is 149 Å². The van der Waals surface area contributed by atoms with Gasteiger partial charge < -0.3 is 40.3 Å². The molecule has 0 saturated carbocycles. The smallest absolute Gasteiger partial charge is 0.220 e. The summed E-state index contributed by atoms with van der Waals surface area (Å²) in [6.45, 7) is 3.62. The molecule has 1 heterocycles. The molecule has 7 unspecified atom stereocenters. The molecule has 9 heteroatoms. The minimum Gasteiger partial charge on any atom is -0.394 e. The van der Waals surface area contributed by atoms with Crippen LogP contribution in [0.4, 0.5) is 0 Å². The number of unbranched alkanes of at least 4 members (excludes halogenated alkanes) is 19. The molecule has 1 rings (SSSR count). The predicted molar refractivity (Wildman–Crippen MR) is 304 cm³/mol. The van der Waals surface area contributed by atoms with Crippen LogP contribution in [0.2, 0.25) is 0 Å². The number of aliphatic hydroxyl groups is 5. The molecule has 1 aliphatic rings. The molecule has 6 N–H and O–H groups in total. The molecule has 7 atom stereocenters. The van der Waals surface area contributed by atoms with Gasteiger partial charge in [0.25, 0.3) is 0 Å². The first-order valence-corrected chi connectivity index (χ1v) is 28.8. The average Bonchev–Trinajstić information content (AvgIpc) is 3.38. The lowest BCUT2D eigenvalue weighted by Gasteiger charge is -2.40. The number of hydrogen-bond acceptors (Lipinski definition) is 8. The van der Waals surface area contributed by atoms with E-state index in [4.69, 9.17) is 9.47 Å². The largest absolute Gasteiger partial charge is 0.394 e. The highest BCUT2D eigenvalue weighted by atomic mass is 16.7. The second-order valence-corrected chi connectivity index (χ2v) is 19.3. The SMILES string of the molecule is CC/C=C\C/C=C\C/C=C\C/C=C\C/C=C\C/C=C\C/C=C\C/C=C\CCCCCCCCCCCCC(=O)NC(COC1OC(CO)C(O)C(O)C1O)C(O)/C=C/CC/C=C/CCCCCCCCCC. The summed E-state index contributed by atoms with van der Waals surface area (Å²) in [6, 6.07) is -0.832. The van der Waals surface area contributed by atoms with E-state index < -0.39 is 49.5 Å². The Bertz CT molecular complexity index is 1540. The number of nitrogens with one attached hydrogen (secondary N) is 1. The van der Waals surface area contributed by atoms with Crippen molar-refractivity contribution in [1.82, 2.24) is 5.32 Å². The highest BCUT2D eigenvalue weighted by Gasteiger charge is 2.44. The van der Waals surface area contributed by atoms with Crippen molar-refractivity contribution in [2.75, 3.05) is 13.2 Å². The third kappa shape index (κ3) is 40.0. The van der Waals surface area contributed by atoms with Crippen molar-refractivity contribution in [2.24, 2.45) is 0 Å². The molecule has 1 saturated heterocycles. The molecule has 1 amide bonds. The van der Waals surface area contributed by atoms with Crippen molar-refractivity contribution in [3.8, 4) is 0 Å². The van der Waals surface area contributed by atoms with Crippen molar-refractivity contribution in [3.63, 3.8) is 0 Å². The van der Waals surface area contributed by atoms with Crippen LogP contribution >= 0.6 is 0 Å². The van der Waals surface area contributed by atoms with E-state index in [1.807, 2.05) is 6.08 Å². The summed E-state index contributed by atoms with van der Waals surface area (Å²) in [5.41, 5.74) is 0. The minimum absolute atomic E-state index is 0.197. The Kier molecular flexibility index (Phi) is 47.3. The molecule has 1 fully saturated rings. The van der Waals surface area contributed by atoms with Gasteiger partial charge in [0, 0.05) is 6.42 Å². The molecule has 0 aromatic carbocycles. The molecule has 0 bridgehead atoms. The van der Waals surface area contributed by atoms with E-state index in [1.54, 1.807) is 6.08 Å². The lowest BCUT2D eigenvalue weighted by Crippen LogP contribution is -2.60. The summed E-state index contributed by atoms with van der Waals surface area (Å²) in [4.78, 5) is 13.0. The van der Waals surface area contributed by atoms with Crippen molar-refractivity contribution in [3.05, 3.63) is 122 Å². The summed E-state index contributed by atoms with van der Waals surface area (Å²) in [7, 11) is 0. The van der Waals surface area contributed by atoms with E-state index in [-0.39, 0.29) is 12.5 Å². The van der Waals surface area contributed by atoms with Crippen molar-refractivity contribution in [2.45, 2.75) is 256 Å². The van der Waals surface area contributed by atoms with Gasteiger partial charge in [-0.25, -0.2) is 0 Å². The zero-order valence-corrected chi connectivity index (χ0v) is 45.4. The van der Waals surface area contributed by atoms with Gasteiger partial charge in [0.15, 0.2) is 6.29 Å². The van der Waals surface area contributed by atoms with Crippen LogP contribution in [-0.4, -0.2) is 87.5 Å². The first kappa shape index (κ1) is 66.6. The van der Waals surface area contributed by atoms with E-state index in [0.717, 1.165) is 103 Å². The van der Waals surface area contributed by atoms with Crippen LogP contribution in [0.15, 0.2) is 122 Å². The van der Waals surface area contributed by atoms with Crippen molar-refractivity contribution in [1.29, 1.82) is 0 Å². The van der Waals surface area contributed by atoms with Crippen molar-refractivity contribution >= 4 is 5.91 Å². The van der Waals surface area contributed by atoms with Gasteiger partial charge in [-0.1, -0.05) is 232 Å². The van der Waals surface area contributed by atoms with Crippen LogP contribution < -0.4 is 5.32 Å². The normalized spacial score (nSPS) is 20.1. The first-order valence-electron chi connectivity index (χ1n) is 28.8. The molecule has 0 aromatic rings. The number of hydrogen-bond donors (Lipinski definition) is 6. The Labute approximate surface area is 439 Å². The molecule has 0 aromatic heterocycles. The van der Waals surface area contributed by atoms with Gasteiger partial charge in [-0.05, 0) is 96.3 Å². The van der Waals surface area contributed by atoms with Crippen LogP contribution in [0.5, 0.6) is 0 Å². The van der Waals surface area contributed by atoms with Crippen LogP contribution in [0.1, 0.15) is 213 Å². The summed E-state index contributed by atoms with van der Waals surface area (Å²) < 4.78 is 11.2. The molecule has 72 heavy (non-hydrogen) atoms. The number of carbonyl (C=O) groups is 1. The lowest BCUT2D eigenvalue weighted by atomic mass is 9.99. The third-order valence-electron chi connectivity index (χ3n) is 12.8. The summed E-state index contributed by atoms with van der Waals surface area (Å²) in [5.74, 6) is -0.197. The first-order chi connectivity index (χ1) is 35.3. The van der Waals surface area contributed by atoms with E-state index in [2.05, 4.69) is 129 Å². The highest BCUT2D eigenvalue weighted by molar-refractivity contribution is 5.76. The molecule has 0 aliphatic carbocycles. The Hall–Kier alpha value is -3.41. The predicted octanol–water partition coefficient (Wildman–Crippen LogP) is 14.3. The number of ether oxygens (including phenoxy) is 2. The lowest BCUT2D eigenvalue weighted by molar-refractivity contribution is -0.302. The zero-order valence-electron chi connectivity index (χ0n) is 45.4. The molecule has 9 nitrogen and oxygen atoms in total. The molecular weight excluding hydrogens is 899 g/mol. The maximum atomic E-state index is 13.0. The second kappa shape index (κ2) is 51.1. The summed E-state index contributed by atoms with van der Waals surface area (Å²) >= 11 is 0. The van der Waals surface area contributed by atoms with Gasteiger partial charge >= 0.3 is 0 Å². The molecule has 1 aliphatic heterocycles. The van der Waals surface area contributed by atoms with Crippen LogP contribution in [0, 0.1) is 0 Å². The van der Waals surface area contributed by atoms with E-state index in [1.165, 1.54) is 89.9 Å². The van der Waals surface area contributed by atoms with Gasteiger partial charge in [-0.2, -0.15) is 0 Å². The molecular formula is C63H105NO8.